The highest BCUT2D eigenvalue weighted by Crippen LogP contribution is 2.31. The van der Waals surface area contributed by atoms with Gasteiger partial charge < -0.3 is 5.32 Å². The van der Waals surface area contributed by atoms with Gasteiger partial charge in [-0.3, -0.25) is 19.7 Å². The second kappa shape index (κ2) is 5.11. The summed E-state index contributed by atoms with van der Waals surface area (Å²) in [7, 11) is 0. The summed E-state index contributed by atoms with van der Waals surface area (Å²) < 4.78 is 0. The molecule has 0 fully saturated rings. The Kier molecular flexibility index (Phi) is 4.03. The second-order valence-electron chi connectivity index (χ2n) is 3.06. The van der Waals surface area contributed by atoms with E-state index < -0.39 is 21.8 Å². The van der Waals surface area contributed by atoms with Gasteiger partial charge in [-0.15, -0.1) is 0 Å². The van der Waals surface area contributed by atoms with Crippen LogP contribution in [0.25, 0.3) is 0 Å². The van der Waals surface area contributed by atoms with Crippen LogP contribution in [0.2, 0.25) is 5.02 Å². The Bertz CT molecular complexity index is 516. The van der Waals surface area contributed by atoms with Crippen LogP contribution in [0.4, 0.5) is 11.4 Å². The molecule has 0 spiro atoms. The van der Waals surface area contributed by atoms with Crippen LogP contribution in [0.5, 0.6) is 0 Å². The van der Waals surface area contributed by atoms with Crippen molar-refractivity contribution in [2.45, 2.75) is 6.92 Å². The molecule has 0 aliphatic rings. The molecule has 1 rings (SSSR count). The van der Waals surface area contributed by atoms with E-state index in [2.05, 4.69) is 5.32 Å². The minimum atomic E-state index is -0.910. The van der Waals surface area contributed by atoms with Crippen LogP contribution in [-0.2, 0) is 4.79 Å². The number of rotatable bonds is 3. The SMILES string of the molecule is CC(=O)Nc1cc(Cl)c(C(=O)Cl)cc1[N+](=O)[O-]. The Morgan fingerprint density at radius 2 is 2.00 bits per heavy atom. The molecule has 1 amide bonds. The average molecular weight is 277 g/mol. The van der Waals surface area contributed by atoms with Crippen LogP contribution >= 0.6 is 23.2 Å². The zero-order valence-corrected chi connectivity index (χ0v) is 10.0. The maximum Gasteiger partial charge on any atom is 0.293 e. The monoisotopic (exact) mass is 276 g/mol. The normalized spacial score (nSPS) is 9.82. The van der Waals surface area contributed by atoms with Crippen molar-refractivity contribution in [3.05, 3.63) is 32.8 Å². The number of carbonyl (C=O) groups excluding carboxylic acids is 2. The molecule has 1 aromatic carbocycles. The third kappa shape index (κ3) is 3.15. The molecule has 6 nitrogen and oxygen atoms in total. The number of halogens is 2. The first-order chi connectivity index (χ1) is 7.82. The predicted octanol–water partition coefficient (Wildman–Crippen LogP) is 2.59. The second-order valence-corrected chi connectivity index (χ2v) is 3.81. The largest absolute Gasteiger partial charge is 0.321 e. The lowest BCUT2D eigenvalue weighted by molar-refractivity contribution is -0.383. The van der Waals surface area contributed by atoms with Crippen LogP contribution < -0.4 is 5.32 Å². The van der Waals surface area contributed by atoms with Gasteiger partial charge in [-0.25, -0.2) is 0 Å². The summed E-state index contributed by atoms with van der Waals surface area (Å²) in [5.41, 5.74) is -0.725. The zero-order chi connectivity index (χ0) is 13.2. The molecule has 90 valence electrons. The number of benzene rings is 1. The third-order valence-electron chi connectivity index (χ3n) is 1.80. The van der Waals surface area contributed by atoms with Gasteiger partial charge in [0.1, 0.15) is 5.69 Å². The lowest BCUT2D eigenvalue weighted by Crippen LogP contribution is -2.09. The molecule has 1 aromatic rings. The molecule has 0 aromatic heterocycles. The molecule has 0 saturated carbocycles. The van der Waals surface area contributed by atoms with Crippen LogP contribution in [0.15, 0.2) is 12.1 Å². The number of nitrogens with one attached hydrogen (secondary N) is 1. The fourth-order valence-electron chi connectivity index (χ4n) is 1.15. The highest BCUT2D eigenvalue weighted by Gasteiger charge is 2.20. The number of carbonyl (C=O) groups is 2. The van der Waals surface area contributed by atoms with Crippen LogP contribution in [0, 0.1) is 10.1 Å². The molecular formula is C9H6Cl2N2O4. The Morgan fingerprint density at radius 3 is 2.41 bits per heavy atom. The Labute approximate surface area is 106 Å². The van der Waals surface area contributed by atoms with Gasteiger partial charge in [0, 0.05) is 13.0 Å². The summed E-state index contributed by atoms with van der Waals surface area (Å²) in [6.45, 7) is 1.19. The third-order valence-corrected chi connectivity index (χ3v) is 2.32. The summed E-state index contributed by atoms with van der Waals surface area (Å²) in [5, 5.41) is 12.0. The molecule has 0 atom stereocenters. The molecule has 8 heteroatoms. The van der Waals surface area contributed by atoms with E-state index in [1.807, 2.05) is 0 Å². The summed E-state index contributed by atoms with van der Waals surface area (Å²) in [4.78, 5) is 31.8. The molecule has 0 radical (unpaired) electrons. The lowest BCUT2D eigenvalue weighted by Gasteiger charge is -2.06. The van der Waals surface area contributed by atoms with Crippen LogP contribution in [0.1, 0.15) is 17.3 Å². The number of nitro benzene ring substituents is 1. The number of nitro groups is 1. The van der Waals surface area contributed by atoms with Gasteiger partial charge >= 0.3 is 0 Å². The number of amides is 1. The maximum absolute atomic E-state index is 10.9. The standard InChI is InChI=1S/C9H6Cl2N2O4/c1-4(14)12-7-3-6(10)5(9(11)15)2-8(7)13(16)17/h2-3H,1H3,(H,12,14). The van der Waals surface area contributed by atoms with Gasteiger partial charge in [0.05, 0.1) is 15.5 Å². The number of hydrogen-bond donors (Lipinski definition) is 1. The van der Waals surface area contributed by atoms with E-state index in [4.69, 9.17) is 23.2 Å². The van der Waals surface area contributed by atoms with Crippen molar-refractivity contribution in [1.82, 2.24) is 0 Å². The Balaban J connectivity index is 3.40. The van der Waals surface area contributed by atoms with Crippen LogP contribution in [0.3, 0.4) is 0 Å². The molecule has 0 aliphatic carbocycles. The Morgan fingerprint density at radius 1 is 1.41 bits per heavy atom. The highest BCUT2D eigenvalue weighted by atomic mass is 35.5. The topological polar surface area (TPSA) is 89.3 Å². The predicted molar refractivity (Wildman–Crippen MR) is 62.6 cm³/mol. The van der Waals surface area contributed by atoms with Gasteiger partial charge in [-0.2, -0.15) is 0 Å². The first-order valence-electron chi connectivity index (χ1n) is 4.28. The number of nitrogens with zero attached hydrogens (tertiary/aromatic N) is 1. The first kappa shape index (κ1) is 13.4. The summed E-state index contributed by atoms with van der Waals surface area (Å²) in [6, 6.07) is 2.03. The lowest BCUT2D eigenvalue weighted by atomic mass is 10.2. The van der Waals surface area contributed by atoms with E-state index in [9.17, 15) is 19.7 Å². The van der Waals surface area contributed by atoms with E-state index in [1.54, 1.807) is 0 Å². The zero-order valence-electron chi connectivity index (χ0n) is 8.49. The van der Waals surface area contributed by atoms with Crippen molar-refractivity contribution in [3.63, 3.8) is 0 Å². The molecule has 0 heterocycles. The van der Waals surface area contributed by atoms with Gasteiger partial charge in [0.15, 0.2) is 0 Å². The summed E-state index contributed by atoms with van der Waals surface area (Å²) in [5.74, 6) is -0.492. The molecule has 0 bridgehead atoms. The smallest absolute Gasteiger partial charge is 0.293 e. The fraction of sp³-hybridized carbons (Fsp3) is 0.111. The first-order valence-corrected chi connectivity index (χ1v) is 5.04. The molecule has 0 saturated heterocycles. The minimum absolute atomic E-state index is 0.0700. The van der Waals surface area contributed by atoms with Crippen molar-refractivity contribution >= 4 is 45.7 Å². The average Bonchev–Trinajstić information content (AvgIpc) is 2.15. The van der Waals surface area contributed by atoms with Gasteiger partial charge in [0.25, 0.3) is 10.9 Å². The van der Waals surface area contributed by atoms with Gasteiger partial charge in [0.2, 0.25) is 5.91 Å². The van der Waals surface area contributed by atoms with Crippen molar-refractivity contribution < 1.29 is 14.5 Å². The molecular weight excluding hydrogens is 271 g/mol. The number of hydrogen-bond acceptors (Lipinski definition) is 4. The van der Waals surface area contributed by atoms with E-state index in [-0.39, 0.29) is 16.3 Å². The maximum atomic E-state index is 10.9. The Hall–Kier alpha value is -1.66. The quantitative estimate of drug-likeness (QED) is 0.522. The molecule has 17 heavy (non-hydrogen) atoms. The number of anilines is 1. The van der Waals surface area contributed by atoms with Crippen molar-refractivity contribution in [2.24, 2.45) is 0 Å². The minimum Gasteiger partial charge on any atom is -0.321 e. The summed E-state index contributed by atoms with van der Waals surface area (Å²) in [6.07, 6.45) is 0. The highest BCUT2D eigenvalue weighted by molar-refractivity contribution is 6.68. The van der Waals surface area contributed by atoms with Crippen molar-refractivity contribution in [3.8, 4) is 0 Å². The fourth-order valence-corrected chi connectivity index (χ4v) is 1.61. The molecule has 1 N–H and O–H groups in total. The molecule has 0 aliphatic heterocycles. The van der Waals surface area contributed by atoms with E-state index in [0.29, 0.717) is 0 Å². The van der Waals surface area contributed by atoms with Gasteiger partial charge in [-0.1, -0.05) is 11.6 Å². The van der Waals surface area contributed by atoms with E-state index in [1.165, 1.54) is 6.92 Å². The van der Waals surface area contributed by atoms with Crippen molar-refractivity contribution in [2.75, 3.05) is 5.32 Å². The van der Waals surface area contributed by atoms with E-state index in [0.717, 1.165) is 12.1 Å². The van der Waals surface area contributed by atoms with Crippen molar-refractivity contribution in [1.29, 1.82) is 0 Å². The molecule has 0 unspecified atom stereocenters. The van der Waals surface area contributed by atoms with Gasteiger partial charge in [-0.05, 0) is 17.7 Å². The van der Waals surface area contributed by atoms with Crippen LogP contribution in [-0.4, -0.2) is 16.1 Å². The van der Waals surface area contributed by atoms with E-state index >= 15 is 0 Å². The summed E-state index contributed by atoms with van der Waals surface area (Å²) >= 11 is 10.9.